The summed E-state index contributed by atoms with van der Waals surface area (Å²) in [6, 6.07) is 32.2. The second kappa shape index (κ2) is 16.1. The van der Waals surface area contributed by atoms with Gasteiger partial charge in [0.15, 0.2) is 0 Å². The van der Waals surface area contributed by atoms with Crippen LogP contribution in [0.25, 0.3) is 0 Å². The summed E-state index contributed by atoms with van der Waals surface area (Å²) >= 11 is 0. The minimum atomic E-state index is -0.0871. The van der Waals surface area contributed by atoms with Gasteiger partial charge in [-0.25, -0.2) is 0 Å². The van der Waals surface area contributed by atoms with Crippen LogP contribution in [0.1, 0.15) is 70.4 Å². The van der Waals surface area contributed by atoms with Crippen LogP contribution in [0.15, 0.2) is 107 Å². The van der Waals surface area contributed by atoms with Gasteiger partial charge in [0, 0.05) is 39.3 Å². The van der Waals surface area contributed by atoms with Crippen molar-refractivity contribution in [3.63, 3.8) is 0 Å². The molecule has 6 rings (SSSR count). The minimum absolute atomic E-state index is 0.0871. The van der Waals surface area contributed by atoms with E-state index < -0.39 is 0 Å². The molecular weight excluding hydrogens is 609 g/mol. The zero-order chi connectivity index (χ0) is 31.6. The monoisotopic (exact) mass is 650 g/mol. The Morgan fingerprint density at radius 1 is 0.500 bits per heavy atom. The van der Waals surface area contributed by atoms with Crippen LogP contribution in [0, 0.1) is 0 Å². The van der Waals surface area contributed by atoms with Crippen molar-refractivity contribution in [2.45, 2.75) is 61.4 Å². The van der Waals surface area contributed by atoms with Gasteiger partial charge in [-0.05, 0) is 95.5 Å². The highest BCUT2D eigenvalue weighted by Gasteiger charge is 2.25. The predicted molar refractivity (Wildman–Crippen MR) is 192 cm³/mol. The molecule has 2 fully saturated rings. The lowest BCUT2D eigenvalue weighted by Gasteiger charge is -2.32. The fourth-order valence-corrected chi connectivity index (χ4v) is 8.96. The van der Waals surface area contributed by atoms with E-state index in [2.05, 4.69) is 32.6 Å². The van der Waals surface area contributed by atoms with E-state index in [0.717, 1.165) is 84.2 Å². The van der Waals surface area contributed by atoms with E-state index in [4.69, 9.17) is 0 Å². The van der Waals surface area contributed by atoms with E-state index in [9.17, 15) is 9.59 Å². The number of carbonyl (C=O) groups is 2. The van der Waals surface area contributed by atoms with Gasteiger partial charge in [-0.1, -0.05) is 72.8 Å². The summed E-state index contributed by atoms with van der Waals surface area (Å²) in [7, 11) is 3.20. The summed E-state index contributed by atoms with van der Waals surface area (Å²) in [5.41, 5.74) is 5.65. The minimum Gasteiger partial charge on any atom is -0.371 e. The van der Waals surface area contributed by atoms with Crippen molar-refractivity contribution in [2.75, 3.05) is 36.0 Å². The first-order valence-corrected chi connectivity index (χ1v) is 18.6. The number of hydrogen-bond acceptors (Lipinski definition) is 6. The highest BCUT2D eigenvalue weighted by Crippen LogP contribution is 2.48. The van der Waals surface area contributed by atoms with E-state index in [1.807, 2.05) is 84.9 Å². The molecule has 0 radical (unpaired) electrons. The molecule has 2 aliphatic rings. The quantitative estimate of drug-likeness (QED) is 0.159. The lowest BCUT2D eigenvalue weighted by Crippen LogP contribution is -2.31. The number of hydrogen-bond donors (Lipinski definition) is 2. The molecule has 0 unspecified atom stereocenters. The SMILES string of the molecule is O=C(NCc1ccccc1)c1cccc(N2CCCCC2)c1SSc1c(C(=O)NCc2ccccc2)cccc1N1CCCCC1. The number of benzene rings is 4. The molecule has 0 spiro atoms. The van der Waals surface area contributed by atoms with Crippen molar-refractivity contribution in [2.24, 2.45) is 0 Å². The molecule has 4 aromatic carbocycles. The summed E-state index contributed by atoms with van der Waals surface area (Å²) in [6.07, 6.45) is 7.04. The molecule has 2 aliphatic heterocycles. The number of nitrogens with zero attached hydrogens (tertiary/aromatic N) is 2. The molecular formula is C38H42N4O2S2. The molecule has 4 aromatic rings. The Hall–Kier alpha value is -3.88. The van der Waals surface area contributed by atoms with E-state index in [0.29, 0.717) is 24.2 Å². The van der Waals surface area contributed by atoms with Gasteiger partial charge < -0.3 is 20.4 Å². The average Bonchev–Trinajstić information content (AvgIpc) is 3.13. The third kappa shape index (κ3) is 8.09. The van der Waals surface area contributed by atoms with Crippen molar-refractivity contribution in [3.8, 4) is 0 Å². The topological polar surface area (TPSA) is 64.7 Å². The van der Waals surface area contributed by atoms with Crippen molar-refractivity contribution >= 4 is 44.8 Å². The number of nitrogens with one attached hydrogen (secondary N) is 2. The number of piperidine rings is 2. The Morgan fingerprint density at radius 2 is 0.891 bits per heavy atom. The molecule has 238 valence electrons. The van der Waals surface area contributed by atoms with E-state index in [-0.39, 0.29) is 11.8 Å². The van der Waals surface area contributed by atoms with Crippen molar-refractivity contribution < 1.29 is 9.59 Å². The first-order chi connectivity index (χ1) is 22.7. The normalized spacial score (nSPS) is 15.0. The first-order valence-electron chi connectivity index (χ1n) is 16.4. The van der Waals surface area contributed by atoms with Crippen molar-refractivity contribution in [1.29, 1.82) is 0 Å². The van der Waals surface area contributed by atoms with Crippen LogP contribution in [-0.4, -0.2) is 38.0 Å². The van der Waals surface area contributed by atoms with Crippen LogP contribution >= 0.6 is 21.6 Å². The Morgan fingerprint density at radius 3 is 1.28 bits per heavy atom. The highest BCUT2D eigenvalue weighted by molar-refractivity contribution is 8.76. The second-order valence-electron chi connectivity index (χ2n) is 11.9. The van der Waals surface area contributed by atoms with Crippen LogP contribution < -0.4 is 20.4 Å². The fraction of sp³-hybridized carbons (Fsp3) is 0.316. The number of carbonyl (C=O) groups excluding carboxylic acids is 2. The zero-order valence-electron chi connectivity index (χ0n) is 26.3. The average molecular weight is 651 g/mol. The van der Waals surface area contributed by atoms with Gasteiger partial charge in [-0.3, -0.25) is 9.59 Å². The lowest BCUT2D eigenvalue weighted by molar-refractivity contribution is 0.0940. The molecule has 6 nitrogen and oxygen atoms in total. The highest BCUT2D eigenvalue weighted by atomic mass is 33.1. The smallest absolute Gasteiger partial charge is 0.252 e. The van der Waals surface area contributed by atoms with Crippen LogP contribution in [0.2, 0.25) is 0 Å². The summed E-state index contributed by atoms with van der Waals surface area (Å²) < 4.78 is 0. The van der Waals surface area contributed by atoms with E-state index >= 15 is 0 Å². The number of rotatable bonds is 11. The molecule has 0 aromatic heterocycles. The number of amides is 2. The summed E-state index contributed by atoms with van der Waals surface area (Å²) in [5.74, 6) is -0.174. The van der Waals surface area contributed by atoms with Gasteiger partial charge in [0.25, 0.3) is 11.8 Å². The summed E-state index contributed by atoms with van der Waals surface area (Å²) in [4.78, 5) is 34.3. The van der Waals surface area contributed by atoms with E-state index in [1.165, 1.54) is 12.8 Å². The maximum Gasteiger partial charge on any atom is 0.252 e. The first kappa shape index (κ1) is 32.1. The van der Waals surface area contributed by atoms with Crippen LogP contribution in [0.4, 0.5) is 11.4 Å². The van der Waals surface area contributed by atoms with Gasteiger partial charge in [0.2, 0.25) is 0 Å². The number of anilines is 2. The molecule has 0 bridgehead atoms. The van der Waals surface area contributed by atoms with Crippen LogP contribution in [0.5, 0.6) is 0 Å². The van der Waals surface area contributed by atoms with Gasteiger partial charge in [-0.15, -0.1) is 0 Å². The largest absolute Gasteiger partial charge is 0.371 e. The molecule has 0 saturated carbocycles. The fourth-order valence-electron chi connectivity index (χ4n) is 6.18. The molecule has 2 heterocycles. The predicted octanol–water partition coefficient (Wildman–Crippen LogP) is 8.33. The summed E-state index contributed by atoms with van der Waals surface area (Å²) in [6.45, 7) is 4.84. The molecule has 0 atom stereocenters. The van der Waals surface area contributed by atoms with Crippen molar-refractivity contribution in [1.82, 2.24) is 10.6 Å². The second-order valence-corrected chi connectivity index (χ2v) is 14.1. The summed E-state index contributed by atoms with van der Waals surface area (Å²) in [5, 5.41) is 6.31. The lowest BCUT2D eigenvalue weighted by atomic mass is 10.1. The molecule has 46 heavy (non-hydrogen) atoms. The van der Waals surface area contributed by atoms with Crippen LogP contribution in [0.3, 0.4) is 0 Å². The Bertz CT molecular complexity index is 1480. The van der Waals surface area contributed by atoms with E-state index in [1.54, 1.807) is 21.6 Å². The third-order valence-corrected chi connectivity index (χ3v) is 11.2. The molecule has 2 amide bonds. The van der Waals surface area contributed by atoms with Gasteiger partial charge in [-0.2, -0.15) is 0 Å². The third-order valence-electron chi connectivity index (χ3n) is 8.67. The van der Waals surface area contributed by atoms with Gasteiger partial charge in [0.05, 0.1) is 32.3 Å². The molecule has 0 aliphatic carbocycles. The maximum atomic E-state index is 13.8. The Labute approximate surface area is 280 Å². The molecule has 2 N–H and O–H groups in total. The zero-order valence-corrected chi connectivity index (χ0v) is 27.9. The van der Waals surface area contributed by atoms with Gasteiger partial charge >= 0.3 is 0 Å². The Balaban J connectivity index is 1.31. The molecule has 8 heteroatoms. The standard InChI is InChI=1S/C38H42N4O2S2/c43-37(39-27-29-15-5-1-6-16-29)31-19-13-21-33(41-23-9-3-10-24-41)35(31)45-46-36-32(38(44)40-28-30-17-7-2-8-18-30)20-14-22-34(36)42-25-11-4-12-26-42/h1-2,5-8,13-22H,3-4,9-12,23-28H2,(H,39,43)(H,40,44). The molecule has 2 saturated heterocycles. The van der Waals surface area contributed by atoms with Crippen LogP contribution in [-0.2, 0) is 13.1 Å². The maximum absolute atomic E-state index is 13.8. The van der Waals surface area contributed by atoms with Gasteiger partial charge in [0.1, 0.15) is 0 Å². The Kier molecular flexibility index (Phi) is 11.2. The van der Waals surface area contributed by atoms with Crippen molar-refractivity contribution in [3.05, 3.63) is 119 Å².